The van der Waals surface area contributed by atoms with E-state index in [1.165, 1.54) is 63.6 Å². The van der Waals surface area contributed by atoms with Gasteiger partial charge in [0.05, 0.1) is 18.1 Å². The number of carbonyl (C=O) groups is 3. The first-order chi connectivity index (χ1) is 18.3. The minimum atomic E-state index is -1.10. The minimum Gasteiger partial charge on any atom is -0.480 e. The molecule has 0 radical (unpaired) electrons. The van der Waals surface area contributed by atoms with Crippen molar-refractivity contribution >= 4 is 35.2 Å². The SMILES string of the molecule is CC(=O)N[C@@H](CSCC(O)CN1C(=O)C2(CCN(CC3CCCCCCC3)CC2)c2ccccc21)C(=O)O. The summed E-state index contributed by atoms with van der Waals surface area (Å²) in [4.78, 5) is 40.8. The number of fused-ring (bicyclic) bond motifs is 2. The van der Waals surface area contributed by atoms with Crippen molar-refractivity contribution in [3.63, 3.8) is 0 Å². The van der Waals surface area contributed by atoms with Crippen LogP contribution in [0.1, 0.15) is 70.3 Å². The van der Waals surface area contributed by atoms with Gasteiger partial charge >= 0.3 is 5.97 Å². The van der Waals surface area contributed by atoms with Crippen molar-refractivity contribution in [3.8, 4) is 0 Å². The lowest BCUT2D eigenvalue weighted by Crippen LogP contribution is -2.50. The molecule has 3 aliphatic rings. The summed E-state index contributed by atoms with van der Waals surface area (Å²) in [6, 6.07) is 6.98. The van der Waals surface area contributed by atoms with E-state index in [4.69, 9.17) is 0 Å². The van der Waals surface area contributed by atoms with Gasteiger partial charge < -0.3 is 25.3 Å². The van der Waals surface area contributed by atoms with Crippen molar-refractivity contribution in [1.82, 2.24) is 10.2 Å². The third kappa shape index (κ3) is 6.90. The smallest absolute Gasteiger partial charge is 0.327 e. The zero-order valence-electron chi connectivity index (χ0n) is 22.6. The maximum absolute atomic E-state index is 13.9. The zero-order valence-corrected chi connectivity index (χ0v) is 23.4. The molecule has 2 aliphatic heterocycles. The number of amides is 2. The van der Waals surface area contributed by atoms with E-state index in [2.05, 4.69) is 16.3 Å². The summed E-state index contributed by atoms with van der Waals surface area (Å²) < 4.78 is 0. The number of hydrogen-bond donors (Lipinski definition) is 3. The van der Waals surface area contributed by atoms with Gasteiger partial charge in [0.15, 0.2) is 0 Å². The Morgan fingerprint density at radius 3 is 2.39 bits per heavy atom. The number of carboxylic acids is 1. The number of benzene rings is 1. The Morgan fingerprint density at radius 2 is 1.74 bits per heavy atom. The number of rotatable bonds is 10. The molecule has 38 heavy (non-hydrogen) atoms. The van der Waals surface area contributed by atoms with Gasteiger partial charge in [-0.2, -0.15) is 11.8 Å². The number of piperidine rings is 1. The number of aliphatic hydroxyl groups excluding tert-OH is 1. The van der Waals surface area contributed by atoms with E-state index < -0.39 is 29.4 Å². The van der Waals surface area contributed by atoms with Crippen LogP contribution >= 0.6 is 11.8 Å². The Balaban J connectivity index is 1.35. The second-order valence-electron chi connectivity index (χ2n) is 11.3. The van der Waals surface area contributed by atoms with E-state index in [0.717, 1.165) is 49.6 Å². The predicted octanol–water partition coefficient (Wildman–Crippen LogP) is 3.41. The second kappa shape index (κ2) is 13.3. The number of hydrogen-bond acceptors (Lipinski definition) is 6. The van der Waals surface area contributed by atoms with Crippen LogP contribution in [0.5, 0.6) is 0 Å². The number of carboxylic acid groups (broad SMARTS) is 1. The first-order valence-electron chi connectivity index (χ1n) is 14.2. The second-order valence-corrected chi connectivity index (χ2v) is 12.4. The molecule has 1 aliphatic carbocycles. The molecule has 9 heteroatoms. The van der Waals surface area contributed by atoms with Gasteiger partial charge in [-0.3, -0.25) is 9.59 Å². The molecular formula is C29H43N3O5S. The molecule has 1 spiro atoms. The summed E-state index contributed by atoms with van der Waals surface area (Å²) in [5, 5.41) is 22.5. The highest BCUT2D eigenvalue weighted by atomic mass is 32.2. The average molecular weight is 546 g/mol. The van der Waals surface area contributed by atoms with E-state index in [1.807, 2.05) is 18.2 Å². The maximum Gasteiger partial charge on any atom is 0.327 e. The van der Waals surface area contributed by atoms with Crippen molar-refractivity contribution in [2.45, 2.75) is 82.3 Å². The molecule has 1 saturated heterocycles. The highest BCUT2D eigenvalue weighted by Gasteiger charge is 2.52. The van der Waals surface area contributed by atoms with Crippen LogP contribution < -0.4 is 10.2 Å². The summed E-state index contributed by atoms with van der Waals surface area (Å²) >= 11 is 1.26. The summed E-state index contributed by atoms with van der Waals surface area (Å²) in [5.74, 6) is -0.233. The van der Waals surface area contributed by atoms with Crippen LogP contribution in [0.15, 0.2) is 24.3 Å². The average Bonchev–Trinajstić information content (AvgIpc) is 3.09. The van der Waals surface area contributed by atoms with Gasteiger partial charge in [0.25, 0.3) is 0 Å². The molecule has 4 rings (SSSR count). The zero-order chi connectivity index (χ0) is 27.1. The van der Waals surface area contributed by atoms with Crippen LogP contribution in [0.3, 0.4) is 0 Å². The fraction of sp³-hybridized carbons (Fsp3) is 0.690. The molecule has 2 fully saturated rings. The van der Waals surface area contributed by atoms with Gasteiger partial charge in [0, 0.05) is 30.7 Å². The van der Waals surface area contributed by atoms with Crippen LogP contribution in [0.2, 0.25) is 0 Å². The van der Waals surface area contributed by atoms with Crippen LogP contribution in [0.25, 0.3) is 0 Å². The van der Waals surface area contributed by atoms with Gasteiger partial charge in [-0.25, -0.2) is 4.79 Å². The predicted molar refractivity (Wildman–Crippen MR) is 151 cm³/mol. The lowest BCUT2D eigenvalue weighted by atomic mass is 9.73. The molecular weight excluding hydrogens is 502 g/mol. The van der Waals surface area contributed by atoms with E-state index in [-0.39, 0.29) is 24.0 Å². The third-order valence-electron chi connectivity index (χ3n) is 8.48. The molecule has 0 aromatic heterocycles. The molecule has 3 N–H and O–H groups in total. The first kappa shape index (κ1) is 28.9. The molecule has 2 amide bonds. The summed E-state index contributed by atoms with van der Waals surface area (Å²) in [7, 11) is 0. The van der Waals surface area contributed by atoms with E-state index >= 15 is 0 Å². The minimum absolute atomic E-state index is 0.0787. The van der Waals surface area contributed by atoms with E-state index in [9.17, 15) is 24.6 Å². The number of anilines is 1. The molecule has 8 nitrogen and oxygen atoms in total. The fourth-order valence-corrected chi connectivity index (χ4v) is 7.45. The van der Waals surface area contributed by atoms with Crippen LogP contribution in [-0.4, -0.2) is 82.7 Å². The Labute approximate surface area is 230 Å². The first-order valence-corrected chi connectivity index (χ1v) is 15.3. The topological polar surface area (TPSA) is 110 Å². The van der Waals surface area contributed by atoms with Crippen molar-refractivity contribution in [1.29, 1.82) is 0 Å². The molecule has 0 bridgehead atoms. The number of β-amino-alcohol motifs (C(OH)–C–C–N with tert-alkyl or cyclic N) is 1. The quantitative estimate of drug-likeness (QED) is 0.413. The van der Waals surface area contributed by atoms with Gasteiger partial charge in [-0.15, -0.1) is 0 Å². The number of likely N-dealkylation sites (tertiary alicyclic amines) is 1. The van der Waals surface area contributed by atoms with Gasteiger partial charge in [-0.05, 0) is 56.3 Å². The Morgan fingerprint density at radius 1 is 1.08 bits per heavy atom. The van der Waals surface area contributed by atoms with Gasteiger partial charge in [0.2, 0.25) is 11.8 Å². The highest BCUT2D eigenvalue weighted by molar-refractivity contribution is 7.99. The molecule has 210 valence electrons. The fourth-order valence-electron chi connectivity index (χ4n) is 6.47. The Bertz CT molecular complexity index is 973. The molecule has 2 heterocycles. The maximum atomic E-state index is 13.9. The van der Waals surface area contributed by atoms with Crippen molar-refractivity contribution in [2.75, 3.05) is 42.6 Å². The normalized spacial score (nSPS) is 21.9. The number of aliphatic hydroxyl groups is 1. The molecule has 1 aromatic carbocycles. The van der Waals surface area contributed by atoms with E-state index in [1.54, 1.807) is 4.90 Å². The molecule has 2 atom stereocenters. The number of thioether (sulfide) groups is 1. The number of para-hydroxylation sites is 1. The van der Waals surface area contributed by atoms with Gasteiger partial charge in [0.1, 0.15) is 6.04 Å². The van der Waals surface area contributed by atoms with Gasteiger partial charge in [-0.1, -0.05) is 50.3 Å². The number of nitrogens with zero attached hydrogens (tertiary/aromatic N) is 2. The molecule has 1 unspecified atom stereocenters. The Hall–Kier alpha value is -2.10. The van der Waals surface area contributed by atoms with Crippen LogP contribution in [0.4, 0.5) is 5.69 Å². The third-order valence-corrected chi connectivity index (χ3v) is 9.67. The van der Waals surface area contributed by atoms with Crippen LogP contribution in [0, 0.1) is 5.92 Å². The largest absolute Gasteiger partial charge is 0.480 e. The van der Waals surface area contributed by atoms with Crippen molar-refractivity contribution in [3.05, 3.63) is 29.8 Å². The number of nitrogens with one attached hydrogen (secondary N) is 1. The summed E-state index contributed by atoms with van der Waals surface area (Å²) in [6.45, 7) is 4.44. The number of aliphatic carboxylic acids is 1. The lowest BCUT2D eigenvalue weighted by Gasteiger charge is -2.40. The monoisotopic (exact) mass is 545 g/mol. The van der Waals surface area contributed by atoms with Crippen molar-refractivity contribution < 1.29 is 24.6 Å². The lowest BCUT2D eigenvalue weighted by molar-refractivity contribution is -0.140. The Kier molecular flexibility index (Phi) is 10.1. The van der Waals surface area contributed by atoms with Crippen molar-refractivity contribution in [2.24, 2.45) is 5.92 Å². The molecule has 1 saturated carbocycles. The standard InChI is InChI=1S/C29H43N3O5S/c1-21(33)30-25(27(35)36)20-38-19-23(34)18-32-26-12-8-7-11-24(26)29(28(32)37)13-15-31(16-14-29)17-22-9-5-3-2-4-6-10-22/h7-8,11-12,22-23,25,34H,2-6,9-10,13-20H2,1H3,(H,30,33)(H,35,36)/t23?,25-/m0/s1. The highest BCUT2D eigenvalue weighted by Crippen LogP contribution is 2.48. The number of carbonyl (C=O) groups excluding carboxylic acids is 2. The molecule has 1 aromatic rings. The van der Waals surface area contributed by atoms with Crippen LogP contribution in [-0.2, 0) is 19.8 Å². The summed E-state index contributed by atoms with van der Waals surface area (Å²) in [6.07, 6.45) is 10.2. The summed E-state index contributed by atoms with van der Waals surface area (Å²) in [5.41, 5.74) is 1.43. The van der Waals surface area contributed by atoms with E-state index in [0.29, 0.717) is 0 Å².